The van der Waals surface area contributed by atoms with Gasteiger partial charge in [0.2, 0.25) is 0 Å². The van der Waals surface area contributed by atoms with E-state index >= 15 is 0 Å². The van der Waals surface area contributed by atoms with Crippen molar-refractivity contribution < 1.29 is 9.84 Å². The van der Waals surface area contributed by atoms with Crippen molar-refractivity contribution in [3.63, 3.8) is 0 Å². The van der Waals surface area contributed by atoms with Crippen molar-refractivity contribution in [2.75, 3.05) is 0 Å². The number of ether oxygens (including phenoxy) is 1. The van der Waals surface area contributed by atoms with Crippen LogP contribution in [0.1, 0.15) is 42.2 Å². The van der Waals surface area contributed by atoms with Crippen LogP contribution in [0.25, 0.3) is 0 Å². The lowest BCUT2D eigenvalue weighted by molar-refractivity contribution is 0.0657. The summed E-state index contributed by atoms with van der Waals surface area (Å²) in [5.74, 6) is 0.797. The highest BCUT2D eigenvalue weighted by Gasteiger charge is 2.27. The van der Waals surface area contributed by atoms with Gasteiger partial charge in [-0.05, 0) is 23.6 Å². The second-order valence-corrected chi connectivity index (χ2v) is 4.99. The molecule has 1 unspecified atom stereocenters. The minimum absolute atomic E-state index is 0.0594. The lowest BCUT2D eigenvalue weighted by atomic mass is 9.94. The van der Waals surface area contributed by atoms with Gasteiger partial charge in [-0.1, -0.05) is 49.4 Å². The van der Waals surface area contributed by atoms with Crippen LogP contribution in [0, 0.1) is 0 Å². The van der Waals surface area contributed by atoms with E-state index in [9.17, 15) is 5.11 Å². The zero-order chi connectivity index (χ0) is 13.2. The van der Waals surface area contributed by atoms with E-state index in [4.69, 9.17) is 4.74 Å². The Morgan fingerprint density at radius 1 is 1.11 bits per heavy atom. The molecule has 3 rings (SSSR count). The van der Waals surface area contributed by atoms with Crippen molar-refractivity contribution >= 4 is 0 Å². The summed E-state index contributed by atoms with van der Waals surface area (Å²) in [6, 6.07) is 16.2. The van der Waals surface area contributed by atoms with Gasteiger partial charge in [0.1, 0.15) is 11.9 Å². The Morgan fingerprint density at radius 3 is 2.58 bits per heavy atom. The average molecular weight is 254 g/mol. The molecule has 2 heteroatoms. The lowest BCUT2D eigenvalue weighted by Crippen LogP contribution is -2.18. The number of aliphatic hydroxyl groups is 1. The molecule has 0 aliphatic carbocycles. The molecular formula is C17H18O2. The van der Waals surface area contributed by atoms with Crippen LogP contribution in [-0.4, -0.2) is 5.11 Å². The van der Waals surface area contributed by atoms with Crippen molar-refractivity contribution in [3.05, 3.63) is 65.2 Å². The first-order valence-electron chi connectivity index (χ1n) is 6.80. The van der Waals surface area contributed by atoms with Crippen LogP contribution in [0.4, 0.5) is 0 Å². The van der Waals surface area contributed by atoms with E-state index in [1.165, 1.54) is 5.56 Å². The molecule has 0 amide bonds. The van der Waals surface area contributed by atoms with Crippen LogP contribution in [0.5, 0.6) is 5.75 Å². The monoisotopic (exact) mass is 254 g/mol. The number of aliphatic hydroxyl groups excluding tert-OH is 1. The third-order valence-corrected chi connectivity index (χ3v) is 3.74. The molecule has 1 aliphatic rings. The Labute approximate surface area is 113 Å². The Balaban J connectivity index is 1.87. The van der Waals surface area contributed by atoms with Crippen LogP contribution in [-0.2, 0) is 6.42 Å². The van der Waals surface area contributed by atoms with Gasteiger partial charge >= 0.3 is 0 Å². The summed E-state index contributed by atoms with van der Waals surface area (Å²) in [5, 5.41) is 10.2. The number of para-hydroxylation sites is 1. The van der Waals surface area contributed by atoms with E-state index in [0.29, 0.717) is 6.42 Å². The van der Waals surface area contributed by atoms with Gasteiger partial charge in [-0.3, -0.25) is 0 Å². The summed E-state index contributed by atoms with van der Waals surface area (Å²) in [5.41, 5.74) is 3.34. The molecule has 2 atom stereocenters. The maximum atomic E-state index is 10.2. The Morgan fingerprint density at radius 2 is 1.84 bits per heavy atom. The Bertz CT molecular complexity index is 560. The molecule has 0 spiro atoms. The molecular weight excluding hydrogens is 236 g/mol. The maximum Gasteiger partial charge on any atom is 0.127 e. The molecule has 0 saturated heterocycles. The van der Waals surface area contributed by atoms with E-state index in [0.717, 1.165) is 23.3 Å². The first-order valence-corrected chi connectivity index (χ1v) is 6.80. The molecule has 0 radical (unpaired) electrons. The topological polar surface area (TPSA) is 29.5 Å². The highest BCUT2D eigenvalue weighted by molar-refractivity contribution is 5.38. The molecule has 2 aromatic rings. The molecule has 19 heavy (non-hydrogen) atoms. The fourth-order valence-electron chi connectivity index (χ4n) is 2.57. The SMILES string of the molecule is CCc1ccc(C2C[C@@H](O)c3ccccc3O2)cc1. The van der Waals surface area contributed by atoms with Gasteiger partial charge in [-0.2, -0.15) is 0 Å². The number of aryl methyl sites for hydroxylation is 1. The van der Waals surface area contributed by atoms with Crippen LogP contribution < -0.4 is 4.74 Å². The molecule has 2 aromatic carbocycles. The van der Waals surface area contributed by atoms with Gasteiger partial charge in [0.05, 0.1) is 6.10 Å². The van der Waals surface area contributed by atoms with Gasteiger partial charge < -0.3 is 9.84 Å². The van der Waals surface area contributed by atoms with Gasteiger partial charge in [0, 0.05) is 12.0 Å². The van der Waals surface area contributed by atoms with E-state index in [1.54, 1.807) is 0 Å². The molecule has 2 nitrogen and oxygen atoms in total. The summed E-state index contributed by atoms with van der Waals surface area (Å²) in [4.78, 5) is 0. The molecule has 0 aromatic heterocycles. The van der Waals surface area contributed by atoms with Crippen LogP contribution in [0.3, 0.4) is 0 Å². The number of hydrogen-bond donors (Lipinski definition) is 1. The van der Waals surface area contributed by atoms with Gasteiger partial charge in [-0.25, -0.2) is 0 Å². The van der Waals surface area contributed by atoms with Crippen molar-refractivity contribution in [1.82, 2.24) is 0 Å². The highest BCUT2D eigenvalue weighted by atomic mass is 16.5. The fraction of sp³-hybridized carbons (Fsp3) is 0.294. The molecule has 1 aliphatic heterocycles. The fourth-order valence-corrected chi connectivity index (χ4v) is 2.57. The predicted molar refractivity (Wildman–Crippen MR) is 75.2 cm³/mol. The zero-order valence-corrected chi connectivity index (χ0v) is 11.0. The zero-order valence-electron chi connectivity index (χ0n) is 11.0. The molecule has 0 saturated carbocycles. The Hall–Kier alpha value is -1.80. The van der Waals surface area contributed by atoms with Crippen LogP contribution in [0.15, 0.2) is 48.5 Å². The van der Waals surface area contributed by atoms with Gasteiger partial charge in [0.15, 0.2) is 0 Å². The second-order valence-electron chi connectivity index (χ2n) is 4.99. The largest absolute Gasteiger partial charge is 0.485 e. The quantitative estimate of drug-likeness (QED) is 0.883. The molecule has 98 valence electrons. The maximum absolute atomic E-state index is 10.2. The van der Waals surface area contributed by atoms with Crippen molar-refractivity contribution in [3.8, 4) is 5.75 Å². The summed E-state index contributed by atoms with van der Waals surface area (Å²) in [7, 11) is 0. The third kappa shape index (κ3) is 2.36. The number of rotatable bonds is 2. The molecule has 1 heterocycles. The number of hydrogen-bond acceptors (Lipinski definition) is 2. The van der Waals surface area contributed by atoms with E-state index in [1.807, 2.05) is 24.3 Å². The second kappa shape index (κ2) is 5.06. The van der Waals surface area contributed by atoms with Gasteiger partial charge in [0.25, 0.3) is 0 Å². The summed E-state index contributed by atoms with van der Waals surface area (Å²) >= 11 is 0. The first-order chi connectivity index (χ1) is 9.28. The Kier molecular flexibility index (Phi) is 3.26. The van der Waals surface area contributed by atoms with E-state index < -0.39 is 6.10 Å². The van der Waals surface area contributed by atoms with Gasteiger partial charge in [-0.15, -0.1) is 0 Å². The normalized spacial score (nSPS) is 21.6. The predicted octanol–water partition coefficient (Wildman–Crippen LogP) is 3.81. The third-order valence-electron chi connectivity index (χ3n) is 3.74. The number of benzene rings is 2. The summed E-state index contributed by atoms with van der Waals surface area (Å²) in [6.07, 6.45) is 1.15. The summed E-state index contributed by atoms with van der Waals surface area (Å²) < 4.78 is 6.00. The number of fused-ring (bicyclic) bond motifs is 1. The first kappa shape index (κ1) is 12.2. The van der Waals surface area contributed by atoms with Crippen molar-refractivity contribution in [2.45, 2.75) is 32.0 Å². The van der Waals surface area contributed by atoms with E-state index in [2.05, 4.69) is 31.2 Å². The average Bonchev–Trinajstić information content (AvgIpc) is 2.47. The smallest absolute Gasteiger partial charge is 0.127 e. The summed E-state index contributed by atoms with van der Waals surface area (Å²) in [6.45, 7) is 2.14. The molecule has 1 N–H and O–H groups in total. The van der Waals surface area contributed by atoms with Crippen LogP contribution >= 0.6 is 0 Å². The molecule has 0 bridgehead atoms. The van der Waals surface area contributed by atoms with E-state index in [-0.39, 0.29) is 6.10 Å². The van der Waals surface area contributed by atoms with Crippen molar-refractivity contribution in [2.24, 2.45) is 0 Å². The molecule has 0 fully saturated rings. The lowest BCUT2D eigenvalue weighted by Gasteiger charge is -2.29. The standard InChI is InChI=1S/C17H18O2/c1-2-12-7-9-13(10-8-12)17-11-15(18)14-5-3-4-6-16(14)19-17/h3-10,15,17-18H,2,11H2,1H3/t15-,17?/m1/s1. The van der Waals surface area contributed by atoms with Crippen molar-refractivity contribution in [1.29, 1.82) is 0 Å². The minimum atomic E-state index is -0.444. The van der Waals surface area contributed by atoms with Crippen LogP contribution in [0.2, 0.25) is 0 Å². The highest BCUT2D eigenvalue weighted by Crippen LogP contribution is 2.40. The minimum Gasteiger partial charge on any atom is -0.485 e.